The molecule has 1 saturated carbocycles. The summed E-state index contributed by atoms with van der Waals surface area (Å²) in [6.45, 7) is 3.48. The van der Waals surface area contributed by atoms with Gasteiger partial charge in [-0.25, -0.2) is 18.1 Å². The number of sulfonamides is 1. The van der Waals surface area contributed by atoms with Crippen LogP contribution < -0.4 is 10.5 Å². The molecule has 1 saturated heterocycles. The number of nitrogens with two attached hydrogens (primary N) is 1. The summed E-state index contributed by atoms with van der Waals surface area (Å²) in [5.74, 6) is 0. The number of anilines is 1. The summed E-state index contributed by atoms with van der Waals surface area (Å²) in [7, 11) is -3.48. The lowest BCUT2D eigenvalue weighted by atomic mass is 10.3. The van der Waals surface area contributed by atoms with Crippen molar-refractivity contribution in [1.29, 1.82) is 0 Å². The summed E-state index contributed by atoms with van der Waals surface area (Å²) in [6.07, 6.45) is 3.39. The lowest BCUT2D eigenvalue weighted by Gasteiger charge is -2.15. The molecule has 6 nitrogen and oxygen atoms in total. The first-order valence-corrected chi connectivity index (χ1v) is 8.75. The fraction of sp³-hybridized carbons (Fsp3) is 0.727. The van der Waals surface area contributed by atoms with E-state index in [0.717, 1.165) is 30.8 Å². The van der Waals surface area contributed by atoms with Crippen LogP contribution in [-0.4, -0.2) is 43.5 Å². The number of nitrogens with zero attached hydrogens (tertiary/aromatic N) is 2. The molecule has 1 atom stereocenters. The third kappa shape index (κ3) is 2.76. The zero-order chi connectivity index (χ0) is 13.6. The predicted molar refractivity (Wildman–Crippen MR) is 74.6 cm³/mol. The van der Waals surface area contributed by atoms with Crippen molar-refractivity contribution in [3.63, 3.8) is 0 Å². The highest BCUT2D eigenvalue weighted by Gasteiger charge is 2.36. The smallest absolute Gasteiger partial charge is 0.252 e. The van der Waals surface area contributed by atoms with Gasteiger partial charge >= 0.3 is 0 Å². The standard InChI is InChI=1S/C11H18N4O2S2/c1-7-10(18-11(12)13-7)19(16,17)14-8-4-5-15(6-8)9-2-3-9/h8-9,14H,2-6H2,1H3,(H2,12,13). The Hall–Kier alpha value is -0.700. The second-order valence-corrected chi connectivity index (χ2v) is 8.20. The maximum absolute atomic E-state index is 12.3. The minimum atomic E-state index is -3.48. The molecular formula is C11H18N4O2S2. The van der Waals surface area contributed by atoms with Crippen molar-refractivity contribution in [3.8, 4) is 0 Å². The summed E-state index contributed by atoms with van der Waals surface area (Å²) in [4.78, 5) is 6.35. The van der Waals surface area contributed by atoms with Gasteiger partial charge in [0.2, 0.25) is 0 Å². The van der Waals surface area contributed by atoms with Crippen LogP contribution in [0, 0.1) is 6.92 Å². The Morgan fingerprint density at radius 2 is 2.16 bits per heavy atom. The van der Waals surface area contributed by atoms with Gasteiger partial charge in [-0.2, -0.15) is 0 Å². The molecule has 0 amide bonds. The summed E-state index contributed by atoms with van der Waals surface area (Å²) < 4.78 is 27.6. The lowest BCUT2D eigenvalue weighted by Crippen LogP contribution is -2.37. The first-order chi connectivity index (χ1) is 8.95. The van der Waals surface area contributed by atoms with Crippen molar-refractivity contribution < 1.29 is 8.42 Å². The normalized spacial score (nSPS) is 25.0. The number of aromatic nitrogens is 1. The molecule has 3 rings (SSSR count). The quantitative estimate of drug-likeness (QED) is 0.848. The number of aryl methyl sites for hydroxylation is 1. The van der Waals surface area contributed by atoms with Crippen molar-refractivity contribution in [1.82, 2.24) is 14.6 Å². The number of nitrogen functional groups attached to an aromatic ring is 1. The lowest BCUT2D eigenvalue weighted by molar-refractivity contribution is 0.322. The Balaban J connectivity index is 1.70. The average molecular weight is 302 g/mol. The maximum atomic E-state index is 12.3. The van der Waals surface area contributed by atoms with E-state index in [1.54, 1.807) is 6.92 Å². The van der Waals surface area contributed by atoms with Crippen LogP contribution in [0.3, 0.4) is 0 Å². The van der Waals surface area contributed by atoms with Gasteiger partial charge in [-0.3, -0.25) is 4.90 Å². The minimum Gasteiger partial charge on any atom is -0.375 e. The molecule has 0 radical (unpaired) electrons. The van der Waals surface area contributed by atoms with Gasteiger partial charge in [-0.1, -0.05) is 11.3 Å². The Bertz CT molecular complexity index is 580. The number of rotatable bonds is 4. The van der Waals surface area contributed by atoms with Crippen LogP contribution in [0.25, 0.3) is 0 Å². The SMILES string of the molecule is Cc1nc(N)sc1S(=O)(=O)NC1CCN(C2CC2)C1. The molecule has 2 fully saturated rings. The fourth-order valence-electron chi connectivity index (χ4n) is 2.58. The van der Waals surface area contributed by atoms with Crippen LogP contribution >= 0.6 is 11.3 Å². The molecule has 2 aliphatic rings. The van der Waals surface area contributed by atoms with E-state index in [9.17, 15) is 8.42 Å². The van der Waals surface area contributed by atoms with Gasteiger partial charge in [-0.15, -0.1) is 0 Å². The first-order valence-electron chi connectivity index (χ1n) is 6.45. The predicted octanol–water partition coefficient (Wildman–Crippen LogP) is 0.549. The molecule has 0 bridgehead atoms. The van der Waals surface area contributed by atoms with Crippen molar-refractivity contribution in [3.05, 3.63) is 5.69 Å². The Labute approximate surface area is 117 Å². The zero-order valence-electron chi connectivity index (χ0n) is 10.8. The number of hydrogen-bond donors (Lipinski definition) is 2. The van der Waals surface area contributed by atoms with Gasteiger partial charge in [-0.05, 0) is 26.2 Å². The van der Waals surface area contributed by atoms with Gasteiger partial charge in [0, 0.05) is 25.2 Å². The highest BCUT2D eigenvalue weighted by atomic mass is 32.2. The third-order valence-electron chi connectivity index (χ3n) is 3.62. The van der Waals surface area contributed by atoms with Gasteiger partial charge in [0.25, 0.3) is 10.0 Å². The van der Waals surface area contributed by atoms with E-state index < -0.39 is 10.0 Å². The average Bonchev–Trinajstić information content (AvgIpc) is 2.97. The number of nitrogens with one attached hydrogen (secondary N) is 1. The van der Waals surface area contributed by atoms with Crippen LogP contribution in [0.2, 0.25) is 0 Å². The maximum Gasteiger partial charge on any atom is 0.252 e. The van der Waals surface area contributed by atoms with Crippen LogP contribution in [0.15, 0.2) is 4.21 Å². The van der Waals surface area contributed by atoms with Gasteiger partial charge < -0.3 is 5.73 Å². The van der Waals surface area contributed by atoms with Crippen LogP contribution in [0.1, 0.15) is 25.0 Å². The summed E-state index contributed by atoms with van der Waals surface area (Å²) >= 11 is 1.03. The summed E-state index contributed by atoms with van der Waals surface area (Å²) in [5, 5.41) is 0.295. The van der Waals surface area contributed by atoms with E-state index in [4.69, 9.17) is 5.73 Å². The van der Waals surface area contributed by atoms with E-state index in [-0.39, 0.29) is 10.3 Å². The molecule has 1 aromatic heterocycles. The van der Waals surface area contributed by atoms with Crippen molar-refractivity contribution in [2.45, 2.75) is 42.5 Å². The van der Waals surface area contributed by atoms with Crippen LogP contribution in [-0.2, 0) is 10.0 Å². The van der Waals surface area contributed by atoms with E-state index in [2.05, 4.69) is 14.6 Å². The molecular weight excluding hydrogens is 284 g/mol. The summed E-state index contributed by atoms with van der Waals surface area (Å²) in [5.41, 5.74) is 6.04. The zero-order valence-corrected chi connectivity index (χ0v) is 12.4. The largest absolute Gasteiger partial charge is 0.375 e. The monoisotopic (exact) mass is 302 g/mol. The number of thiazole rings is 1. The molecule has 3 N–H and O–H groups in total. The second-order valence-electron chi connectivity index (χ2n) is 5.26. The minimum absolute atomic E-state index is 0.00771. The van der Waals surface area contributed by atoms with E-state index >= 15 is 0 Å². The highest BCUT2D eigenvalue weighted by Crippen LogP contribution is 2.31. The first kappa shape index (κ1) is 13.3. The van der Waals surface area contributed by atoms with E-state index in [1.807, 2.05) is 0 Å². The molecule has 1 unspecified atom stereocenters. The van der Waals surface area contributed by atoms with Gasteiger partial charge in [0.05, 0.1) is 5.69 Å². The Kier molecular flexibility index (Phi) is 3.28. The topological polar surface area (TPSA) is 88.3 Å². The molecule has 106 valence electrons. The second kappa shape index (κ2) is 4.69. The molecule has 1 aromatic rings. The van der Waals surface area contributed by atoms with Crippen LogP contribution in [0.4, 0.5) is 5.13 Å². The van der Waals surface area contributed by atoms with E-state index in [0.29, 0.717) is 16.9 Å². The van der Waals surface area contributed by atoms with Crippen LogP contribution in [0.5, 0.6) is 0 Å². The number of likely N-dealkylation sites (tertiary alicyclic amines) is 1. The molecule has 8 heteroatoms. The highest BCUT2D eigenvalue weighted by molar-refractivity contribution is 7.91. The summed E-state index contributed by atoms with van der Waals surface area (Å²) in [6, 6.07) is 0.698. The molecule has 0 aromatic carbocycles. The Morgan fingerprint density at radius 1 is 1.42 bits per heavy atom. The van der Waals surface area contributed by atoms with Crippen molar-refractivity contribution in [2.75, 3.05) is 18.8 Å². The molecule has 19 heavy (non-hydrogen) atoms. The third-order valence-corrected chi connectivity index (χ3v) is 6.74. The molecule has 0 spiro atoms. The molecule has 2 heterocycles. The van der Waals surface area contributed by atoms with E-state index in [1.165, 1.54) is 12.8 Å². The fourth-order valence-corrected chi connectivity index (χ4v) is 5.16. The number of hydrogen-bond acceptors (Lipinski definition) is 6. The molecule has 1 aliphatic heterocycles. The Morgan fingerprint density at radius 3 is 2.74 bits per heavy atom. The van der Waals surface area contributed by atoms with Crippen molar-refractivity contribution in [2.24, 2.45) is 0 Å². The molecule has 1 aliphatic carbocycles. The van der Waals surface area contributed by atoms with Crippen molar-refractivity contribution >= 4 is 26.5 Å². The van der Waals surface area contributed by atoms with Gasteiger partial charge in [0.15, 0.2) is 9.34 Å². The van der Waals surface area contributed by atoms with Gasteiger partial charge in [0.1, 0.15) is 0 Å².